The van der Waals surface area contributed by atoms with Crippen LogP contribution in [0.2, 0.25) is 0 Å². The number of aliphatic imine (C=N–C) groups is 1. The summed E-state index contributed by atoms with van der Waals surface area (Å²) in [6.07, 6.45) is -0.0896. The fourth-order valence-electron chi connectivity index (χ4n) is 5.40. The average molecular weight is 671 g/mol. The zero-order valence-electron chi connectivity index (χ0n) is 24.6. The molecule has 0 saturated carbocycles. The summed E-state index contributed by atoms with van der Waals surface area (Å²) in [5.74, 6) is -1.84. The van der Waals surface area contributed by atoms with Gasteiger partial charge in [-0.15, -0.1) is 5.69 Å². The molecule has 11 heteroatoms. The number of carboxylic acids is 1. The fourth-order valence-corrected chi connectivity index (χ4v) is 5.40. The maximum absolute atomic E-state index is 13.6. The van der Waals surface area contributed by atoms with Crippen molar-refractivity contribution >= 4 is 23.3 Å². The number of hydrogen-bond donors (Lipinski definition) is 2. The molecule has 3 atom stereocenters. The number of nitrogens with zero attached hydrogens (tertiary/aromatic N) is 3. The molecule has 1 aliphatic heterocycles. The van der Waals surface area contributed by atoms with Crippen LogP contribution in [0, 0.1) is 0 Å². The maximum atomic E-state index is 13.6. The van der Waals surface area contributed by atoms with E-state index in [0.29, 0.717) is 29.8 Å². The van der Waals surface area contributed by atoms with Gasteiger partial charge in [-0.3, -0.25) is 9.89 Å². The summed E-state index contributed by atoms with van der Waals surface area (Å²) in [6.45, 7) is -1.63. The van der Waals surface area contributed by atoms with Crippen LogP contribution in [0.25, 0.3) is 5.32 Å². The number of aliphatic hydroxyl groups is 1. The molecular weight excluding hydrogens is 639 g/mol. The van der Waals surface area contributed by atoms with Gasteiger partial charge in [-0.05, 0) is 48.2 Å². The Balaban J connectivity index is 0.00000480. The van der Waals surface area contributed by atoms with E-state index in [2.05, 4.69) is 19.9 Å². The SMILES string of the molecule is O=C(O)[C@@H](N=C(c1ccccc1)c1ccccc1[N-]C(=O)[C@@H]1CCCN1Cc1ccccc1)[C@@H](O)c1ccc(OC(F)F)cc1.[Ni]. The smallest absolute Gasteiger partial charge is 0.387 e. The third-order valence-electron chi connectivity index (χ3n) is 7.58. The van der Waals surface area contributed by atoms with E-state index in [4.69, 9.17) is 0 Å². The van der Waals surface area contributed by atoms with Crippen molar-refractivity contribution in [1.29, 1.82) is 0 Å². The summed E-state index contributed by atoms with van der Waals surface area (Å²) < 4.78 is 29.5. The number of rotatable bonds is 12. The van der Waals surface area contributed by atoms with Crippen LogP contribution in [0.5, 0.6) is 5.75 Å². The van der Waals surface area contributed by atoms with Crippen LogP contribution < -0.4 is 4.74 Å². The van der Waals surface area contributed by atoms with Crippen LogP contribution in [0.1, 0.15) is 41.2 Å². The van der Waals surface area contributed by atoms with E-state index in [1.807, 2.05) is 30.3 Å². The topological polar surface area (TPSA) is 114 Å². The number of aliphatic carboxylic acids is 1. The van der Waals surface area contributed by atoms with Gasteiger partial charge in [0, 0.05) is 28.6 Å². The quantitative estimate of drug-likeness (QED) is 0.131. The van der Waals surface area contributed by atoms with Crippen molar-refractivity contribution in [2.24, 2.45) is 4.99 Å². The second-order valence-electron chi connectivity index (χ2n) is 10.6. The molecule has 0 spiro atoms. The Hall–Kier alpha value is -4.44. The van der Waals surface area contributed by atoms with Gasteiger partial charge < -0.3 is 25.1 Å². The third-order valence-corrected chi connectivity index (χ3v) is 7.58. The normalized spacial score (nSPS) is 16.3. The van der Waals surface area contributed by atoms with Crippen molar-refractivity contribution in [3.05, 3.63) is 137 Å². The van der Waals surface area contributed by atoms with Crippen LogP contribution >= 0.6 is 0 Å². The Bertz CT molecular complexity index is 1620. The van der Waals surface area contributed by atoms with E-state index in [1.54, 1.807) is 54.6 Å². The van der Waals surface area contributed by atoms with Gasteiger partial charge in [-0.2, -0.15) is 8.78 Å². The van der Waals surface area contributed by atoms with Gasteiger partial charge in [0.1, 0.15) is 11.9 Å². The van der Waals surface area contributed by atoms with E-state index in [0.717, 1.165) is 18.5 Å². The van der Waals surface area contributed by atoms with Gasteiger partial charge in [0.2, 0.25) is 0 Å². The first-order chi connectivity index (χ1) is 21.8. The van der Waals surface area contributed by atoms with Crippen molar-refractivity contribution < 1.29 is 49.8 Å². The van der Waals surface area contributed by atoms with Crippen LogP contribution in [-0.4, -0.2) is 57.9 Å². The van der Waals surface area contributed by atoms with Crippen molar-refractivity contribution in [3.8, 4) is 5.75 Å². The Morgan fingerprint density at radius 1 is 0.913 bits per heavy atom. The Morgan fingerprint density at radius 2 is 1.54 bits per heavy atom. The molecule has 5 rings (SSSR count). The molecule has 8 nitrogen and oxygen atoms in total. The van der Waals surface area contributed by atoms with Crippen LogP contribution in [0.15, 0.2) is 114 Å². The molecule has 0 radical (unpaired) electrons. The number of halogens is 2. The van der Waals surface area contributed by atoms with E-state index >= 15 is 0 Å². The number of para-hydroxylation sites is 1. The third kappa shape index (κ3) is 8.63. The van der Waals surface area contributed by atoms with Crippen LogP contribution in [0.3, 0.4) is 0 Å². The number of alkyl halides is 2. The summed E-state index contributed by atoms with van der Waals surface area (Å²) in [6, 6.07) is 28.6. The molecule has 46 heavy (non-hydrogen) atoms. The van der Waals surface area contributed by atoms with Gasteiger partial charge in [-0.1, -0.05) is 97.1 Å². The fraction of sp³-hybridized carbons (Fsp3) is 0.229. The van der Waals surface area contributed by atoms with E-state index in [1.165, 1.54) is 24.3 Å². The summed E-state index contributed by atoms with van der Waals surface area (Å²) in [7, 11) is 0. The minimum absolute atomic E-state index is 0. The first-order valence-electron chi connectivity index (χ1n) is 14.5. The second-order valence-corrected chi connectivity index (χ2v) is 10.6. The van der Waals surface area contributed by atoms with Crippen molar-refractivity contribution in [2.45, 2.75) is 44.2 Å². The minimum atomic E-state index is -3.02. The molecule has 2 N–H and O–H groups in total. The number of likely N-dealkylation sites (tertiary alicyclic amines) is 1. The number of amides is 1. The zero-order valence-corrected chi connectivity index (χ0v) is 25.6. The maximum Gasteiger partial charge on any atom is 0.387 e. The summed E-state index contributed by atoms with van der Waals surface area (Å²) >= 11 is 0. The number of carboxylic acid groups (broad SMARTS) is 1. The molecule has 4 aromatic rings. The number of carbonyl (C=O) groups is 2. The van der Waals surface area contributed by atoms with Crippen LogP contribution in [-0.2, 0) is 32.6 Å². The molecule has 1 fully saturated rings. The minimum Gasteiger partial charge on any atom is -0.625 e. The molecule has 0 bridgehead atoms. The summed E-state index contributed by atoms with van der Waals surface area (Å²) in [4.78, 5) is 32.7. The predicted octanol–water partition coefficient (Wildman–Crippen LogP) is 6.51. The molecule has 1 amide bonds. The Labute approximate surface area is 275 Å². The number of aliphatic hydroxyl groups excluding tert-OH is 1. The van der Waals surface area contributed by atoms with E-state index in [-0.39, 0.29) is 39.4 Å². The van der Waals surface area contributed by atoms with Gasteiger partial charge >= 0.3 is 12.6 Å². The molecular formula is C35H32F2N3NiO5-. The Kier molecular flexibility index (Phi) is 12.1. The number of hydrogen-bond acceptors (Lipinski definition) is 6. The predicted molar refractivity (Wildman–Crippen MR) is 166 cm³/mol. The summed E-state index contributed by atoms with van der Waals surface area (Å²) in [5, 5.41) is 25.8. The van der Waals surface area contributed by atoms with Crippen molar-refractivity contribution in [1.82, 2.24) is 4.90 Å². The molecule has 1 aliphatic rings. The standard InChI is InChI=1S/C35H33F2N3O5.Ni/c36-35(37)45-26-19-17-25(18-20-26)32(41)31(34(43)44)39-30(24-12-5-2-6-13-24)27-14-7-8-15-28(27)38-33(42)29-16-9-21-40(29)22-23-10-3-1-4-11-23;/h1-8,10-15,17-20,29,31-32,35,41H,9,16,21-22H2,(H2,38,39,42,43,44);/p-1/t29-,31-,32-;/m0./s1. The van der Waals surface area contributed by atoms with Gasteiger partial charge in [-0.25, -0.2) is 4.79 Å². The molecule has 0 aromatic heterocycles. The van der Waals surface area contributed by atoms with E-state index in [9.17, 15) is 28.6 Å². The zero-order chi connectivity index (χ0) is 31.8. The molecule has 0 aliphatic carbocycles. The van der Waals surface area contributed by atoms with E-state index < -0.39 is 30.8 Å². The number of carbonyl (C=O) groups excluding carboxylic acids is 1. The van der Waals surface area contributed by atoms with Gasteiger partial charge in [0.15, 0.2) is 6.04 Å². The largest absolute Gasteiger partial charge is 0.625 e. The second kappa shape index (κ2) is 16.2. The molecule has 1 heterocycles. The monoisotopic (exact) mass is 670 g/mol. The first-order valence-corrected chi connectivity index (χ1v) is 14.5. The van der Waals surface area contributed by atoms with Crippen molar-refractivity contribution in [3.63, 3.8) is 0 Å². The van der Waals surface area contributed by atoms with Gasteiger partial charge in [0.05, 0.1) is 17.7 Å². The Morgan fingerprint density at radius 3 is 2.20 bits per heavy atom. The number of ether oxygens (including phenoxy) is 1. The molecule has 4 aromatic carbocycles. The first kappa shape index (κ1) is 34.4. The summed E-state index contributed by atoms with van der Waals surface area (Å²) in [5.41, 5.74) is 2.77. The van der Waals surface area contributed by atoms with Crippen LogP contribution in [0.4, 0.5) is 14.5 Å². The van der Waals surface area contributed by atoms with Crippen molar-refractivity contribution in [2.75, 3.05) is 6.54 Å². The average Bonchev–Trinajstić information content (AvgIpc) is 3.51. The molecule has 1 saturated heterocycles. The van der Waals surface area contributed by atoms with Gasteiger partial charge in [0.25, 0.3) is 0 Å². The number of benzene rings is 4. The molecule has 0 unspecified atom stereocenters. The molecule has 242 valence electrons.